The maximum Gasteiger partial charge on any atom is 0.416 e. The Morgan fingerprint density at radius 3 is 2.31 bits per heavy atom. The number of amides is 4. The zero-order valence-corrected chi connectivity index (χ0v) is 24.6. The summed E-state index contributed by atoms with van der Waals surface area (Å²) in [5, 5.41) is 7.61. The Hall–Kier alpha value is -3.26. The summed E-state index contributed by atoms with van der Waals surface area (Å²) in [5.41, 5.74) is -1.62. The molecular weight excluding hydrogens is 593 g/mol. The molecule has 1 aliphatic carbocycles. The van der Waals surface area contributed by atoms with Crippen molar-refractivity contribution >= 4 is 45.1 Å². The molecule has 1 saturated carbocycles. The molecule has 0 bridgehead atoms. The van der Waals surface area contributed by atoms with E-state index in [1.54, 1.807) is 24.3 Å². The molecule has 42 heavy (non-hydrogen) atoms. The average Bonchev–Trinajstić information content (AvgIpc) is 2.91. The first-order valence-corrected chi connectivity index (χ1v) is 16.5. The number of sulfone groups is 1. The molecule has 14 heteroatoms. The molecule has 2 fully saturated rings. The van der Waals surface area contributed by atoms with E-state index in [1.807, 2.05) is 6.26 Å². The number of thioether (sulfide) groups is 1. The molecule has 4 amide bonds. The normalized spacial score (nSPS) is 19.0. The van der Waals surface area contributed by atoms with Gasteiger partial charge in [-0.25, -0.2) is 13.2 Å². The first-order valence-electron chi connectivity index (χ1n) is 13.6. The molecule has 0 spiro atoms. The first-order chi connectivity index (χ1) is 19.9. The number of hydrogen-bond acceptors (Lipinski definition) is 6. The van der Waals surface area contributed by atoms with E-state index in [9.17, 15) is 36.0 Å². The van der Waals surface area contributed by atoms with Crippen molar-refractivity contribution in [2.45, 2.75) is 54.1 Å². The highest BCUT2D eigenvalue weighted by Gasteiger charge is 2.33. The SMILES string of the molecule is CSc1ccc(S(=O)(=O)C[C@@H]2CCCC[C@@H]2NC(=O)CNC(=O)c2cc(C(F)(F)F)ccc2NC(=O)N2CCC2)cc1. The Kier molecular flexibility index (Phi) is 10.1. The number of carbonyl (C=O) groups is 3. The van der Waals surface area contributed by atoms with Crippen LogP contribution in [0.4, 0.5) is 23.7 Å². The maximum absolute atomic E-state index is 13.4. The van der Waals surface area contributed by atoms with Gasteiger partial charge in [0.2, 0.25) is 5.91 Å². The minimum absolute atomic E-state index is 0.110. The van der Waals surface area contributed by atoms with Crippen molar-refractivity contribution in [3.05, 3.63) is 53.6 Å². The summed E-state index contributed by atoms with van der Waals surface area (Å²) in [6.07, 6.45) is 0.750. The lowest BCUT2D eigenvalue weighted by atomic mass is 9.86. The molecule has 2 aliphatic rings. The number of likely N-dealkylation sites (tertiary alicyclic amines) is 1. The fraction of sp³-hybridized carbons (Fsp3) is 0.464. The number of rotatable bonds is 9. The number of urea groups is 1. The van der Waals surface area contributed by atoms with E-state index in [0.29, 0.717) is 32.0 Å². The monoisotopic (exact) mass is 626 g/mol. The molecule has 1 saturated heterocycles. The fourth-order valence-electron chi connectivity index (χ4n) is 5.00. The lowest BCUT2D eigenvalue weighted by molar-refractivity contribution is -0.137. The quantitative estimate of drug-likeness (QED) is 0.351. The molecule has 2 aromatic carbocycles. The molecule has 1 aliphatic heterocycles. The molecule has 2 atom stereocenters. The number of nitrogens with one attached hydrogen (secondary N) is 3. The van der Waals surface area contributed by atoms with Gasteiger partial charge in [-0.15, -0.1) is 11.8 Å². The van der Waals surface area contributed by atoms with Gasteiger partial charge in [0.1, 0.15) is 0 Å². The lowest BCUT2D eigenvalue weighted by Gasteiger charge is -2.32. The van der Waals surface area contributed by atoms with Gasteiger partial charge in [0, 0.05) is 24.0 Å². The van der Waals surface area contributed by atoms with Crippen molar-refractivity contribution < 1.29 is 36.0 Å². The van der Waals surface area contributed by atoms with Crippen LogP contribution < -0.4 is 16.0 Å². The lowest BCUT2D eigenvalue weighted by Crippen LogP contribution is -2.48. The molecule has 3 N–H and O–H groups in total. The predicted molar refractivity (Wildman–Crippen MR) is 153 cm³/mol. The topological polar surface area (TPSA) is 125 Å². The molecular formula is C28H33F3N4O5S2. The number of alkyl halides is 3. The van der Waals surface area contributed by atoms with Gasteiger partial charge in [0.05, 0.1) is 34.0 Å². The number of nitrogens with zero attached hydrogens (tertiary/aromatic N) is 1. The van der Waals surface area contributed by atoms with Gasteiger partial charge in [-0.3, -0.25) is 9.59 Å². The second kappa shape index (κ2) is 13.4. The van der Waals surface area contributed by atoms with E-state index >= 15 is 0 Å². The molecule has 0 radical (unpaired) electrons. The van der Waals surface area contributed by atoms with E-state index in [2.05, 4.69) is 16.0 Å². The molecule has 228 valence electrons. The Morgan fingerprint density at radius 1 is 1.00 bits per heavy atom. The average molecular weight is 627 g/mol. The maximum atomic E-state index is 13.4. The molecule has 0 aromatic heterocycles. The largest absolute Gasteiger partial charge is 0.416 e. The molecule has 1 heterocycles. The third-order valence-electron chi connectivity index (χ3n) is 7.49. The Morgan fingerprint density at radius 2 is 1.69 bits per heavy atom. The highest BCUT2D eigenvalue weighted by molar-refractivity contribution is 7.98. The van der Waals surface area contributed by atoms with Gasteiger partial charge in [-0.1, -0.05) is 12.8 Å². The van der Waals surface area contributed by atoms with Crippen LogP contribution in [0.5, 0.6) is 0 Å². The van der Waals surface area contributed by atoms with Gasteiger partial charge in [-0.2, -0.15) is 13.2 Å². The van der Waals surface area contributed by atoms with Crippen molar-refractivity contribution in [1.29, 1.82) is 0 Å². The number of hydrogen-bond donors (Lipinski definition) is 3. The third-order valence-corrected chi connectivity index (χ3v) is 10.1. The van der Waals surface area contributed by atoms with E-state index in [-0.39, 0.29) is 22.3 Å². The number of anilines is 1. The Labute approximate surface area is 246 Å². The minimum atomic E-state index is -4.72. The third kappa shape index (κ3) is 7.97. The summed E-state index contributed by atoms with van der Waals surface area (Å²) in [6.45, 7) is 0.463. The minimum Gasteiger partial charge on any atom is -0.352 e. The molecule has 4 rings (SSSR count). The van der Waals surface area contributed by atoms with E-state index < -0.39 is 57.6 Å². The first kappa shape index (κ1) is 31.7. The van der Waals surface area contributed by atoms with Gasteiger partial charge in [0.15, 0.2) is 9.84 Å². The number of benzene rings is 2. The van der Waals surface area contributed by atoms with Crippen molar-refractivity contribution in [3.63, 3.8) is 0 Å². The second-order valence-electron chi connectivity index (χ2n) is 10.4. The number of halogens is 3. The standard InChI is InChI=1S/C28H33F3N4O5S2/c1-41-20-8-10-21(11-9-20)42(39,40)17-18-5-2-3-6-23(18)33-25(36)16-32-26(37)22-15-19(28(29,30)31)7-12-24(22)34-27(38)35-13-4-14-35/h7-12,15,18,23H,2-6,13-14,16-17H2,1H3,(H,32,37)(H,33,36)(H,34,38)/t18-,23-/m0/s1. The highest BCUT2D eigenvalue weighted by Crippen LogP contribution is 2.32. The van der Waals surface area contributed by atoms with Gasteiger partial charge in [-0.05, 0) is 73.9 Å². The van der Waals surface area contributed by atoms with Crippen LogP contribution in [-0.4, -0.2) is 68.8 Å². The summed E-state index contributed by atoms with van der Waals surface area (Å²) in [7, 11) is -3.61. The van der Waals surface area contributed by atoms with Crippen molar-refractivity contribution in [1.82, 2.24) is 15.5 Å². The highest BCUT2D eigenvalue weighted by atomic mass is 32.2. The van der Waals surface area contributed by atoms with Gasteiger partial charge >= 0.3 is 12.2 Å². The van der Waals surface area contributed by atoms with Gasteiger partial charge in [0.25, 0.3) is 5.91 Å². The summed E-state index contributed by atoms with van der Waals surface area (Å²) in [5.74, 6) is -2.05. The van der Waals surface area contributed by atoms with Crippen molar-refractivity contribution in [2.75, 3.05) is 37.0 Å². The van der Waals surface area contributed by atoms with Crippen LogP contribution in [-0.2, 0) is 20.8 Å². The van der Waals surface area contributed by atoms with Crippen LogP contribution in [0.3, 0.4) is 0 Å². The smallest absolute Gasteiger partial charge is 0.352 e. The van der Waals surface area contributed by atoms with E-state index in [4.69, 9.17) is 0 Å². The van der Waals surface area contributed by atoms with Crippen LogP contribution in [0.2, 0.25) is 0 Å². The van der Waals surface area contributed by atoms with Crippen LogP contribution in [0, 0.1) is 5.92 Å². The fourth-order valence-corrected chi connectivity index (χ4v) is 7.12. The van der Waals surface area contributed by atoms with Crippen LogP contribution >= 0.6 is 11.8 Å². The van der Waals surface area contributed by atoms with E-state index in [0.717, 1.165) is 36.3 Å². The second-order valence-corrected chi connectivity index (χ2v) is 13.3. The zero-order valence-electron chi connectivity index (χ0n) is 23.0. The summed E-state index contributed by atoms with van der Waals surface area (Å²) >= 11 is 1.50. The number of carbonyl (C=O) groups excluding carboxylic acids is 3. The molecule has 9 nitrogen and oxygen atoms in total. The van der Waals surface area contributed by atoms with Crippen LogP contribution in [0.25, 0.3) is 0 Å². The van der Waals surface area contributed by atoms with Crippen molar-refractivity contribution in [3.8, 4) is 0 Å². The summed E-state index contributed by atoms with van der Waals surface area (Å²) in [6, 6.07) is 8.06. The van der Waals surface area contributed by atoms with E-state index in [1.165, 1.54) is 16.7 Å². The Bertz CT molecular complexity index is 1410. The summed E-state index contributed by atoms with van der Waals surface area (Å²) in [4.78, 5) is 40.7. The molecule has 2 aromatic rings. The van der Waals surface area contributed by atoms with Gasteiger partial charge < -0.3 is 20.9 Å². The predicted octanol–water partition coefficient (Wildman–Crippen LogP) is 4.54. The zero-order chi connectivity index (χ0) is 30.5. The van der Waals surface area contributed by atoms with Crippen LogP contribution in [0.1, 0.15) is 48.0 Å². The molecule has 0 unspecified atom stereocenters. The van der Waals surface area contributed by atoms with Crippen molar-refractivity contribution in [2.24, 2.45) is 5.92 Å². The summed E-state index contributed by atoms with van der Waals surface area (Å²) < 4.78 is 66.2. The van der Waals surface area contributed by atoms with Crippen LogP contribution in [0.15, 0.2) is 52.3 Å². The Balaban J connectivity index is 1.40.